The normalized spacial score (nSPS) is 12.6. The smallest absolute Gasteiger partial charge is 0.143 e. The van der Waals surface area contributed by atoms with Crippen LogP contribution in [0.1, 0.15) is 46.5 Å². The minimum atomic E-state index is -0.324. The molecule has 0 fully saturated rings. The lowest BCUT2D eigenvalue weighted by Gasteiger charge is -2.09. The highest BCUT2D eigenvalue weighted by Gasteiger charge is 2.21. The fraction of sp³-hybridized carbons (Fsp3) is 0.800. The summed E-state index contributed by atoms with van der Waals surface area (Å²) in [6.45, 7) is 5.66. The van der Waals surface area contributed by atoms with Gasteiger partial charge < -0.3 is 0 Å². The highest BCUT2D eigenvalue weighted by Crippen LogP contribution is 2.11. The van der Waals surface area contributed by atoms with Crippen molar-refractivity contribution in [3.05, 3.63) is 0 Å². The van der Waals surface area contributed by atoms with Crippen LogP contribution in [0.25, 0.3) is 0 Å². The molecule has 0 aliphatic heterocycles. The van der Waals surface area contributed by atoms with Crippen molar-refractivity contribution >= 4 is 11.6 Å². The second-order valence-electron chi connectivity index (χ2n) is 3.00. The molecule has 0 heterocycles. The Balaban J connectivity index is 4.14. The summed E-state index contributed by atoms with van der Waals surface area (Å²) >= 11 is 0. The van der Waals surface area contributed by atoms with Crippen molar-refractivity contribution in [1.82, 2.24) is 0 Å². The standard InChI is InChI=1S/C10H18O2/c1-4-7-10(12)8(5-2)9(11)6-3/h8H,4-7H2,1-3H3. The maximum absolute atomic E-state index is 11.4. The van der Waals surface area contributed by atoms with E-state index >= 15 is 0 Å². The van der Waals surface area contributed by atoms with E-state index in [1.54, 1.807) is 0 Å². The summed E-state index contributed by atoms with van der Waals surface area (Å²) in [6, 6.07) is 0. The minimum absolute atomic E-state index is 0.0935. The highest BCUT2D eigenvalue weighted by molar-refractivity contribution is 6.02. The van der Waals surface area contributed by atoms with E-state index in [-0.39, 0.29) is 17.5 Å². The van der Waals surface area contributed by atoms with Gasteiger partial charge in [-0.05, 0) is 12.8 Å². The van der Waals surface area contributed by atoms with Crippen LogP contribution in [0.5, 0.6) is 0 Å². The maximum atomic E-state index is 11.4. The number of Topliss-reactive ketones (excluding diaryl/α,β-unsaturated/α-hetero) is 2. The molecule has 12 heavy (non-hydrogen) atoms. The first-order valence-electron chi connectivity index (χ1n) is 4.72. The molecule has 0 aromatic carbocycles. The Morgan fingerprint density at radius 3 is 2.00 bits per heavy atom. The molecule has 0 bridgehead atoms. The molecule has 0 saturated heterocycles. The lowest BCUT2D eigenvalue weighted by Crippen LogP contribution is -2.22. The largest absolute Gasteiger partial charge is 0.299 e. The summed E-state index contributed by atoms with van der Waals surface area (Å²) in [5.41, 5.74) is 0. The Morgan fingerprint density at radius 2 is 1.67 bits per heavy atom. The van der Waals surface area contributed by atoms with Gasteiger partial charge in [0.2, 0.25) is 0 Å². The Labute approximate surface area is 74.3 Å². The fourth-order valence-electron chi connectivity index (χ4n) is 1.30. The van der Waals surface area contributed by atoms with Crippen molar-refractivity contribution in [3.63, 3.8) is 0 Å². The molecule has 1 atom stereocenters. The Morgan fingerprint density at radius 1 is 1.08 bits per heavy atom. The zero-order chi connectivity index (χ0) is 9.56. The van der Waals surface area contributed by atoms with Crippen LogP contribution in [-0.2, 0) is 9.59 Å². The molecule has 0 aromatic heterocycles. The van der Waals surface area contributed by atoms with Gasteiger partial charge in [0.05, 0.1) is 5.92 Å². The number of hydrogen-bond donors (Lipinski definition) is 0. The van der Waals surface area contributed by atoms with Crippen LogP contribution in [-0.4, -0.2) is 11.6 Å². The first kappa shape index (κ1) is 11.3. The van der Waals surface area contributed by atoms with E-state index in [1.165, 1.54) is 0 Å². The zero-order valence-corrected chi connectivity index (χ0v) is 8.22. The Bertz CT molecular complexity index is 161. The molecule has 0 aliphatic carbocycles. The molecular formula is C10H18O2. The van der Waals surface area contributed by atoms with Crippen LogP contribution in [0.15, 0.2) is 0 Å². The van der Waals surface area contributed by atoms with E-state index in [9.17, 15) is 9.59 Å². The van der Waals surface area contributed by atoms with Crippen LogP contribution in [0, 0.1) is 5.92 Å². The molecule has 2 heteroatoms. The predicted molar refractivity (Wildman–Crippen MR) is 49.0 cm³/mol. The van der Waals surface area contributed by atoms with E-state index in [2.05, 4.69) is 0 Å². The van der Waals surface area contributed by atoms with Gasteiger partial charge in [-0.25, -0.2) is 0 Å². The lowest BCUT2D eigenvalue weighted by atomic mass is 9.92. The predicted octanol–water partition coefficient (Wildman–Crippen LogP) is 2.36. The zero-order valence-electron chi connectivity index (χ0n) is 8.22. The number of carbonyl (C=O) groups is 2. The summed E-state index contributed by atoms with van der Waals surface area (Å²) in [5.74, 6) is -0.113. The van der Waals surface area contributed by atoms with Gasteiger partial charge in [0.1, 0.15) is 11.6 Å². The second kappa shape index (κ2) is 5.92. The molecule has 0 radical (unpaired) electrons. The molecule has 0 amide bonds. The van der Waals surface area contributed by atoms with E-state index < -0.39 is 0 Å². The first-order valence-corrected chi connectivity index (χ1v) is 4.72. The van der Waals surface area contributed by atoms with E-state index in [4.69, 9.17) is 0 Å². The summed E-state index contributed by atoms with van der Waals surface area (Å²) in [4.78, 5) is 22.6. The lowest BCUT2D eigenvalue weighted by molar-refractivity contribution is -0.132. The third-order valence-corrected chi connectivity index (χ3v) is 2.03. The van der Waals surface area contributed by atoms with Crippen molar-refractivity contribution in [1.29, 1.82) is 0 Å². The van der Waals surface area contributed by atoms with E-state index in [0.29, 0.717) is 19.3 Å². The maximum Gasteiger partial charge on any atom is 0.143 e. The number of hydrogen-bond acceptors (Lipinski definition) is 2. The summed E-state index contributed by atoms with van der Waals surface area (Å²) < 4.78 is 0. The number of ketones is 2. The first-order chi connectivity index (χ1) is 5.67. The molecule has 0 N–H and O–H groups in total. The molecular weight excluding hydrogens is 152 g/mol. The van der Waals surface area contributed by atoms with Gasteiger partial charge in [-0.2, -0.15) is 0 Å². The second-order valence-corrected chi connectivity index (χ2v) is 3.00. The average Bonchev–Trinajstić information content (AvgIpc) is 2.06. The van der Waals surface area contributed by atoms with Crippen LogP contribution >= 0.6 is 0 Å². The molecule has 1 unspecified atom stereocenters. The van der Waals surface area contributed by atoms with E-state index in [0.717, 1.165) is 6.42 Å². The molecule has 0 spiro atoms. The van der Waals surface area contributed by atoms with E-state index in [1.807, 2.05) is 20.8 Å². The van der Waals surface area contributed by atoms with Crippen LogP contribution in [0.3, 0.4) is 0 Å². The molecule has 0 aliphatic rings. The van der Waals surface area contributed by atoms with Crippen LogP contribution in [0.4, 0.5) is 0 Å². The third kappa shape index (κ3) is 3.16. The van der Waals surface area contributed by atoms with Crippen LogP contribution < -0.4 is 0 Å². The molecule has 0 saturated carbocycles. The van der Waals surface area contributed by atoms with Gasteiger partial charge in [0.15, 0.2) is 0 Å². The van der Waals surface area contributed by atoms with Gasteiger partial charge in [-0.15, -0.1) is 0 Å². The minimum Gasteiger partial charge on any atom is -0.299 e. The summed E-state index contributed by atoms with van der Waals surface area (Å²) in [5, 5.41) is 0. The third-order valence-electron chi connectivity index (χ3n) is 2.03. The van der Waals surface area contributed by atoms with Gasteiger partial charge in [0, 0.05) is 12.8 Å². The topological polar surface area (TPSA) is 34.1 Å². The Hall–Kier alpha value is -0.660. The average molecular weight is 170 g/mol. The monoisotopic (exact) mass is 170 g/mol. The van der Waals surface area contributed by atoms with Crippen molar-refractivity contribution in [2.75, 3.05) is 0 Å². The van der Waals surface area contributed by atoms with Gasteiger partial charge >= 0.3 is 0 Å². The highest BCUT2D eigenvalue weighted by atomic mass is 16.1. The van der Waals surface area contributed by atoms with Crippen molar-refractivity contribution in [2.45, 2.75) is 46.5 Å². The quantitative estimate of drug-likeness (QED) is 0.573. The van der Waals surface area contributed by atoms with Crippen molar-refractivity contribution in [3.8, 4) is 0 Å². The SMILES string of the molecule is CCCC(=O)C(CC)C(=O)CC. The van der Waals surface area contributed by atoms with Crippen molar-refractivity contribution < 1.29 is 9.59 Å². The molecule has 2 nitrogen and oxygen atoms in total. The summed E-state index contributed by atoms with van der Waals surface area (Å²) in [7, 11) is 0. The molecule has 0 rings (SSSR count). The molecule has 0 aromatic rings. The van der Waals surface area contributed by atoms with Crippen molar-refractivity contribution in [2.24, 2.45) is 5.92 Å². The van der Waals surface area contributed by atoms with Gasteiger partial charge in [-0.1, -0.05) is 20.8 Å². The van der Waals surface area contributed by atoms with Gasteiger partial charge in [0.25, 0.3) is 0 Å². The summed E-state index contributed by atoms with van der Waals surface area (Å²) in [6.07, 6.45) is 2.52. The fourth-order valence-corrected chi connectivity index (χ4v) is 1.30. The molecule has 70 valence electrons. The Kier molecular flexibility index (Phi) is 5.60. The number of rotatable bonds is 6. The van der Waals surface area contributed by atoms with Gasteiger partial charge in [-0.3, -0.25) is 9.59 Å². The number of carbonyl (C=O) groups excluding carboxylic acids is 2. The van der Waals surface area contributed by atoms with Crippen LogP contribution in [0.2, 0.25) is 0 Å².